The number of aromatic hydroxyl groups is 1. The summed E-state index contributed by atoms with van der Waals surface area (Å²) in [5, 5.41) is 20.9. The van der Waals surface area contributed by atoms with Gasteiger partial charge in [-0.15, -0.1) is 0 Å². The van der Waals surface area contributed by atoms with E-state index in [0.717, 1.165) is 12.0 Å². The van der Waals surface area contributed by atoms with Crippen molar-refractivity contribution in [2.75, 3.05) is 6.61 Å². The van der Waals surface area contributed by atoms with Crippen LogP contribution in [0.15, 0.2) is 78.6 Å². The molecule has 7 nitrogen and oxygen atoms in total. The molecule has 1 aromatic heterocycles. The summed E-state index contributed by atoms with van der Waals surface area (Å²) in [6.45, 7) is 2.68. The molecule has 33 heavy (non-hydrogen) atoms. The van der Waals surface area contributed by atoms with Gasteiger partial charge in [0.05, 0.1) is 18.2 Å². The van der Waals surface area contributed by atoms with Gasteiger partial charge < -0.3 is 19.8 Å². The number of phenolic OH excluding ortho intramolecular Hbond substituents is 1. The van der Waals surface area contributed by atoms with E-state index in [-0.39, 0.29) is 23.6 Å². The van der Waals surface area contributed by atoms with Gasteiger partial charge in [0.1, 0.15) is 17.3 Å². The van der Waals surface area contributed by atoms with E-state index < -0.39 is 17.7 Å². The Hall–Kier alpha value is -4.13. The van der Waals surface area contributed by atoms with Crippen LogP contribution in [0.4, 0.5) is 0 Å². The first-order chi connectivity index (χ1) is 16.0. The third-order valence-electron chi connectivity index (χ3n) is 5.43. The molecular weight excluding hydrogens is 420 g/mol. The van der Waals surface area contributed by atoms with Crippen LogP contribution in [0.1, 0.15) is 36.1 Å². The molecule has 0 spiro atoms. The van der Waals surface area contributed by atoms with Gasteiger partial charge in [0.15, 0.2) is 0 Å². The third-order valence-corrected chi connectivity index (χ3v) is 5.43. The lowest BCUT2D eigenvalue weighted by Gasteiger charge is -2.25. The number of pyridine rings is 1. The fourth-order valence-electron chi connectivity index (χ4n) is 3.84. The monoisotopic (exact) mass is 444 g/mol. The van der Waals surface area contributed by atoms with E-state index >= 15 is 0 Å². The van der Waals surface area contributed by atoms with Crippen molar-refractivity contribution in [3.63, 3.8) is 0 Å². The van der Waals surface area contributed by atoms with Gasteiger partial charge in [-0.25, -0.2) is 0 Å². The summed E-state index contributed by atoms with van der Waals surface area (Å²) >= 11 is 0. The van der Waals surface area contributed by atoms with Gasteiger partial charge in [-0.1, -0.05) is 31.2 Å². The fourth-order valence-corrected chi connectivity index (χ4v) is 3.84. The minimum atomic E-state index is -0.820. The van der Waals surface area contributed by atoms with E-state index in [4.69, 9.17) is 4.74 Å². The summed E-state index contributed by atoms with van der Waals surface area (Å²) < 4.78 is 5.65. The van der Waals surface area contributed by atoms with Crippen LogP contribution in [0.3, 0.4) is 0 Å². The number of ketones is 1. The number of Topliss-reactive ketones (excluding diaryl/α,β-unsaturated/α-hetero) is 1. The Kier molecular flexibility index (Phi) is 6.40. The fraction of sp³-hybridized carbons (Fsp3) is 0.192. The van der Waals surface area contributed by atoms with Gasteiger partial charge in [0.2, 0.25) is 0 Å². The molecule has 0 bridgehead atoms. The van der Waals surface area contributed by atoms with Crippen LogP contribution < -0.4 is 4.74 Å². The van der Waals surface area contributed by atoms with E-state index in [2.05, 4.69) is 4.98 Å². The first kappa shape index (κ1) is 22.1. The second kappa shape index (κ2) is 9.56. The molecule has 3 aromatic rings. The summed E-state index contributed by atoms with van der Waals surface area (Å²) in [4.78, 5) is 31.6. The molecule has 2 heterocycles. The maximum Gasteiger partial charge on any atom is 0.295 e. The van der Waals surface area contributed by atoms with Crippen LogP contribution in [0.5, 0.6) is 11.5 Å². The molecule has 168 valence electrons. The standard InChI is InChI=1S/C26H24N2O5/c1-2-14-33-21-5-3-4-19(15-21)24(30)22-23(18-6-8-20(29)9-7-18)28(26(32)25(22)31)16-17-10-12-27-13-11-17/h3-13,15,23,29-30H,2,14,16H2,1H3/b24-22-. The number of carbonyl (C=O) groups is 2. The zero-order valence-corrected chi connectivity index (χ0v) is 18.1. The highest BCUT2D eigenvalue weighted by atomic mass is 16.5. The van der Waals surface area contributed by atoms with E-state index in [1.54, 1.807) is 60.9 Å². The van der Waals surface area contributed by atoms with Crippen molar-refractivity contribution in [1.82, 2.24) is 9.88 Å². The van der Waals surface area contributed by atoms with Crippen LogP contribution in [0.2, 0.25) is 0 Å². The largest absolute Gasteiger partial charge is 0.508 e. The van der Waals surface area contributed by atoms with Crippen LogP contribution in [-0.2, 0) is 16.1 Å². The van der Waals surface area contributed by atoms with Crippen molar-refractivity contribution < 1.29 is 24.5 Å². The van der Waals surface area contributed by atoms with E-state index in [9.17, 15) is 19.8 Å². The Bertz CT molecular complexity index is 1190. The van der Waals surface area contributed by atoms with Gasteiger partial charge in [-0.05, 0) is 53.9 Å². The molecule has 0 aliphatic carbocycles. The number of nitrogens with zero attached hydrogens (tertiary/aromatic N) is 2. The minimum absolute atomic E-state index is 0.00705. The highest BCUT2D eigenvalue weighted by Crippen LogP contribution is 2.40. The van der Waals surface area contributed by atoms with Gasteiger partial charge in [0, 0.05) is 24.5 Å². The van der Waals surface area contributed by atoms with Crippen LogP contribution in [0, 0.1) is 0 Å². The van der Waals surface area contributed by atoms with Crippen LogP contribution in [0.25, 0.3) is 5.76 Å². The normalized spacial score (nSPS) is 17.4. The van der Waals surface area contributed by atoms with E-state index in [1.165, 1.54) is 17.0 Å². The Morgan fingerprint density at radius 2 is 1.79 bits per heavy atom. The molecule has 7 heteroatoms. The minimum Gasteiger partial charge on any atom is -0.508 e. The lowest BCUT2D eigenvalue weighted by molar-refractivity contribution is -0.140. The Balaban J connectivity index is 1.81. The maximum absolute atomic E-state index is 13.1. The average molecular weight is 444 g/mol. The van der Waals surface area contributed by atoms with Crippen molar-refractivity contribution in [1.29, 1.82) is 0 Å². The number of phenols is 1. The zero-order chi connectivity index (χ0) is 23.4. The predicted molar refractivity (Wildman–Crippen MR) is 122 cm³/mol. The first-order valence-electron chi connectivity index (χ1n) is 10.7. The van der Waals surface area contributed by atoms with Crippen molar-refractivity contribution in [2.24, 2.45) is 0 Å². The molecule has 1 aliphatic heterocycles. The second-order valence-corrected chi connectivity index (χ2v) is 7.75. The molecule has 0 saturated carbocycles. The number of aliphatic hydroxyl groups is 1. The number of benzene rings is 2. The molecule has 4 rings (SSSR count). The number of carbonyl (C=O) groups excluding carboxylic acids is 2. The van der Waals surface area contributed by atoms with Gasteiger partial charge in [-0.3, -0.25) is 14.6 Å². The first-order valence-corrected chi connectivity index (χ1v) is 10.7. The molecule has 0 radical (unpaired) electrons. The Morgan fingerprint density at radius 3 is 2.48 bits per heavy atom. The van der Waals surface area contributed by atoms with Crippen LogP contribution >= 0.6 is 0 Å². The van der Waals surface area contributed by atoms with Crippen molar-refractivity contribution >= 4 is 17.4 Å². The highest BCUT2D eigenvalue weighted by Gasteiger charge is 2.46. The van der Waals surface area contributed by atoms with E-state index in [0.29, 0.717) is 23.5 Å². The zero-order valence-electron chi connectivity index (χ0n) is 18.1. The molecule has 1 saturated heterocycles. The molecule has 2 N–H and O–H groups in total. The topological polar surface area (TPSA) is 100.0 Å². The molecule has 1 amide bonds. The number of aromatic nitrogens is 1. The molecular formula is C26H24N2O5. The second-order valence-electron chi connectivity index (χ2n) is 7.75. The van der Waals surface area contributed by atoms with Gasteiger partial charge in [0.25, 0.3) is 11.7 Å². The molecule has 1 unspecified atom stereocenters. The molecule has 1 fully saturated rings. The molecule has 1 atom stereocenters. The lowest BCUT2D eigenvalue weighted by atomic mass is 9.95. The smallest absolute Gasteiger partial charge is 0.295 e. The maximum atomic E-state index is 13.1. The molecule has 1 aliphatic rings. The number of hydrogen-bond donors (Lipinski definition) is 2. The van der Waals surface area contributed by atoms with Crippen molar-refractivity contribution in [2.45, 2.75) is 25.9 Å². The Labute approximate surface area is 191 Å². The summed E-state index contributed by atoms with van der Waals surface area (Å²) in [6.07, 6.45) is 4.06. The van der Waals surface area contributed by atoms with E-state index in [1.807, 2.05) is 6.92 Å². The number of rotatable bonds is 7. The number of likely N-dealkylation sites (tertiary alicyclic amines) is 1. The number of hydrogen-bond acceptors (Lipinski definition) is 6. The predicted octanol–water partition coefficient (Wildman–Crippen LogP) is 4.20. The number of aliphatic hydroxyl groups excluding tert-OH is 1. The Morgan fingerprint density at radius 1 is 1.06 bits per heavy atom. The average Bonchev–Trinajstić information content (AvgIpc) is 3.08. The van der Waals surface area contributed by atoms with Gasteiger partial charge >= 0.3 is 0 Å². The number of amides is 1. The summed E-state index contributed by atoms with van der Waals surface area (Å²) in [5.74, 6) is -1.12. The van der Waals surface area contributed by atoms with Gasteiger partial charge in [-0.2, -0.15) is 0 Å². The quantitative estimate of drug-likeness (QED) is 0.322. The molecule has 2 aromatic carbocycles. The summed E-state index contributed by atoms with van der Waals surface area (Å²) in [7, 11) is 0. The summed E-state index contributed by atoms with van der Waals surface area (Å²) in [5.41, 5.74) is 1.77. The summed E-state index contributed by atoms with van der Waals surface area (Å²) in [6, 6.07) is 15.8. The van der Waals surface area contributed by atoms with Crippen molar-refractivity contribution in [3.05, 3.63) is 95.3 Å². The van der Waals surface area contributed by atoms with Crippen LogP contribution in [-0.4, -0.2) is 38.4 Å². The highest BCUT2D eigenvalue weighted by molar-refractivity contribution is 6.46. The number of ether oxygens (including phenoxy) is 1. The van der Waals surface area contributed by atoms with Crippen molar-refractivity contribution in [3.8, 4) is 11.5 Å². The SMILES string of the molecule is CCCOc1cccc(/C(O)=C2/C(=O)C(=O)N(Cc3ccncc3)C2c2ccc(O)cc2)c1. The lowest BCUT2D eigenvalue weighted by Crippen LogP contribution is -2.29. The third kappa shape index (κ3) is 4.57.